The molecule has 2 N–H and O–H groups in total. The summed E-state index contributed by atoms with van der Waals surface area (Å²) in [5.41, 5.74) is 1.11. The Balaban J connectivity index is 2.52. The van der Waals surface area contributed by atoms with Gasteiger partial charge in [-0.25, -0.2) is 0 Å². The summed E-state index contributed by atoms with van der Waals surface area (Å²) in [6.45, 7) is 5.80. The van der Waals surface area contributed by atoms with Crippen molar-refractivity contribution in [3.05, 3.63) is 23.8 Å². The van der Waals surface area contributed by atoms with Crippen LogP contribution in [0.15, 0.2) is 18.2 Å². The third kappa shape index (κ3) is 4.24. The predicted octanol–water partition coefficient (Wildman–Crippen LogP) is 1.40. The van der Waals surface area contributed by atoms with Crippen LogP contribution in [0.1, 0.15) is 12.5 Å². The van der Waals surface area contributed by atoms with E-state index in [0.717, 1.165) is 43.2 Å². The molecule has 0 heterocycles. The number of likely N-dealkylation sites (N-methyl/N-ethyl adjacent to an activating group) is 1. The van der Waals surface area contributed by atoms with Crippen LogP contribution in [-0.4, -0.2) is 33.9 Å². The summed E-state index contributed by atoms with van der Waals surface area (Å²) in [4.78, 5) is 0. The van der Waals surface area contributed by atoms with E-state index in [0.29, 0.717) is 0 Å². The zero-order valence-corrected chi connectivity index (χ0v) is 10.9. The third-order valence-electron chi connectivity index (χ3n) is 2.53. The molecule has 0 aliphatic rings. The molecule has 0 saturated heterocycles. The van der Waals surface area contributed by atoms with Crippen molar-refractivity contribution in [3.63, 3.8) is 0 Å². The van der Waals surface area contributed by atoms with E-state index in [1.54, 1.807) is 14.2 Å². The Morgan fingerprint density at radius 2 is 1.82 bits per heavy atom. The second-order valence-corrected chi connectivity index (χ2v) is 3.68. The van der Waals surface area contributed by atoms with E-state index in [9.17, 15) is 0 Å². The maximum absolute atomic E-state index is 5.36. The first-order valence-corrected chi connectivity index (χ1v) is 5.94. The van der Waals surface area contributed by atoms with E-state index in [1.165, 1.54) is 0 Å². The van der Waals surface area contributed by atoms with Gasteiger partial charge < -0.3 is 20.1 Å². The number of para-hydroxylation sites is 1. The quantitative estimate of drug-likeness (QED) is 0.672. The lowest BCUT2D eigenvalue weighted by molar-refractivity contribution is 0.350. The number of rotatable bonds is 8. The molecule has 0 bridgehead atoms. The Kier molecular flexibility index (Phi) is 6.43. The molecular formula is C13H22N2O2. The molecular weight excluding hydrogens is 216 g/mol. The normalized spacial score (nSPS) is 10.3. The first-order chi connectivity index (χ1) is 8.33. The van der Waals surface area contributed by atoms with E-state index in [1.807, 2.05) is 18.2 Å². The minimum Gasteiger partial charge on any atom is -0.493 e. The highest BCUT2D eigenvalue weighted by Crippen LogP contribution is 2.30. The number of hydrogen-bond acceptors (Lipinski definition) is 4. The second kappa shape index (κ2) is 7.92. The predicted molar refractivity (Wildman–Crippen MR) is 69.8 cm³/mol. The average Bonchev–Trinajstić information content (AvgIpc) is 2.38. The standard InChI is InChI=1S/C13H22N2O2/c1-4-14-8-9-15-10-11-6-5-7-12(16-2)13(11)17-3/h5-7,14-15H,4,8-10H2,1-3H3. The van der Waals surface area contributed by atoms with Crippen molar-refractivity contribution in [1.82, 2.24) is 10.6 Å². The first-order valence-electron chi connectivity index (χ1n) is 5.94. The van der Waals surface area contributed by atoms with Gasteiger partial charge in [-0.2, -0.15) is 0 Å². The second-order valence-electron chi connectivity index (χ2n) is 3.68. The lowest BCUT2D eigenvalue weighted by atomic mass is 10.2. The molecule has 0 amide bonds. The van der Waals surface area contributed by atoms with Crippen molar-refractivity contribution in [3.8, 4) is 11.5 Å². The summed E-state index contributed by atoms with van der Waals surface area (Å²) in [7, 11) is 3.32. The molecule has 1 aromatic carbocycles. The van der Waals surface area contributed by atoms with Crippen LogP contribution >= 0.6 is 0 Å². The molecule has 1 aromatic rings. The third-order valence-corrected chi connectivity index (χ3v) is 2.53. The summed E-state index contributed by atoms with van der Waals surface area (Å²) >= 11 is 0. The highest BCUT2D eigenvalue weighted by Gasteiger charge is 2.08. The molecule has 0 spiro atoms. The van der Waals surface area contributed by atoms with Crippen molar-refractivity contribution in [2.75, 3.05) is 33.9 Å². The molecule has 4 nitrogen and oxygen atoms in total. The van der Waals surface area contributed by atoms with Crippen LogP contribution in [0.5, 0.6) is 11.5 Å². The first kappa shape index (κ1) is 13.8. The van der Waals surface area contributed by atoms with Gasteiger partial charge in [-0.3, -0.25) is 0 Å². The van der Waals surface area contributed by atoms with Crippen molar-refractivity contribution in [2.24, 2.45) is 0 Å². The van der Waals surface area contributed by atoms with Gasteiger partial charge in [-0.15, -0.1) is 0 Å². The van der Waals surface area contributed by atoms with Gasteiger partial charge in [0.15, 0.2) is 11.5 Å². The van der Waals surface area contributed by atoms with Gasteiger partial charge in [-0.1, -0.05) is 19.1 Å². The van der Waals surface area contributed by atoms with Gasteiger partial charge in [0.25, 0.3) is 0 Å². The smallest absolute Gasteiger partial charge is 0.165 e. The average molecular weight is 238 g/mol. The van der Waals surface area contributed by atoms with Crippen LogP contribution in [0, 0.1) is 0 Å². The van der Waals surface area contributed by atoms with Crippen molar-refractivity contribution in [2.45, 2.75) is 13.5 Å². The Morgan fingerprint density at radius 1 is 1.06 bits per heavy atom. The van der Waals surface area contributed by atoms with E-state index < -0.39 is 0 Å². The van der Waals surface area contributed by atoms with Crippen molar-refractivity contribution < 1.29 is 9.47 Å². The number of ether oxygens (including phenoxy) is 2. The molecule has 4 heteroatoms. The zero-order valence-electron chi connectivity index (χ0n) is 10.9. The number of methoxy groups -OCH3 is 2. The van der Waals surface area contributed by atoms with Crippen LogP contribution in [0.2, 0.25) is 0 Å². The van der Waals surface area contributed by atoms with Crippen LogP contribution in [0.25, 0.3) is 0 Å². The minimum atomic E-state index is 0.776. The van der Waals surface area contributed by atoms with E-state index in [-0.39, 0.29) is 0 Å². The summed E-state index contributed by atoms with van der Waals surface area (Å²) in [6.07, 6.45) is 0. The molecule has 0 unspecified atom stereocenters. The molecule has 17 heavy (non-hydrogen) atoms. The van der Waals surface area contributed by atoms with Gasteiger partial charge in [0.1, 0.15) is 0 Å². The van der Waals surface area contributed by atoms with Crippen LogP contribution in [0.4, 0.5) is 0 Å². The Hall–Kier alpha value is -1.26. The lowest BCUT2D eigenvalue weighted by Crippen LogP contribution is -2.26. The molecule has 96 valence electrons. The lowest BCUT2D eigenvalue weighted by Gasteiger charge is -2.13. The largest absolute Gasteiger partial charge is 0.493 e. The Morgan fingerprint density at radius 3 is 2.47 bits per heavy atom. The van der Waals surface area contributed by atoms with Crippen LogP contribution in [-0.2, 0) is 6.54 Å². The summed E-state index contributed by atoms with van der Waals surface area (Å²) in [5, 5.41) is 6.63. The molecule has 0 saturated carbocycles. The number of nitrogens with one attached hydrogen (secondary N) is 2. The summed E-state index contributed by atoms with van der Waals surface area (Å²) in [5.74, 6) is 1.59. The maximum Gasteiger partial charge on any atom is 0.165 e. The van der Waals surface area contributed by atoms with E-state index in [2.05, 4.69) is 17.6 Å². The van der Waals surface area contributed by atoms with Crippen molar-refractivity contribution in [1.29, 1.82) is 0 Å². The number of benzene rings is 1. The molecule has 0 aliphatic carbocycles. The molecule has 1 rings (SSSR count). The van der Waals surface area contributed by atoms with Crippen LogP contribution in [0.3, 0.4) is 0 Å². The minimum absolute atomic E-state index is 0.776. The highest BCUT2D eigenvalue weighted by atomic mass is 16.5. The van der Waals surface area contributed by atoms with Gasteiger partial charge in [0.2, 0.25) is 0 Å². The molecule has 0 atom stereocenters. The van der Waals surface area contributed by atoms with E-state index in [4.69, 9.17) is 9.47 Å². The van der Waals surface area contributed by atoms with Gasteiger partial charge in [0, 0.05) is 25.2 Å². The van der Waals surface area contributed by atoms with Crippen molar-refractivity contribution >= 4 is 0 Å². The SMILES string of the molecule is CCNCCNCc1cccc(OC)c1OC. The monoisotopic (exact) mass is 238 g/mol. The molecule has 0 radical (unpaired) electrons. The van der Waals surface area contributed by atoms with Gasteiger partial charge in [0.05, 0.1) is 14.2 Å². The Labute approximate surface area is 103 Å². The van der Waals surface area contributed by atoms with Crippen LogP contribution < -0.4 is 20.1 Å². The zero-order chi connectivity index (χ0) is 12.5. The molecule has 0 fully saturated rings. The van der Waals surface area contributed by atoms with Gasteiger partial charge in [-0.05, 0) is 12.6 Å². The highest BCUT2D eigenvalue weighted by molar-refractivity contribution is 5.46. The number of hydrogen-bond donors (Lipinski definition) is 2. The summed E-state index contributed by atoms with van der Waals surface area (Å²) < 4.78 is 10.6. The Bertz CT molecular complexity index is 329. The fourth-order valence-corrected chi connectivity index (χ4v) is 1.67. The van der Waals surface area contributed by atoms with E-state index >= 15 is 0 Å². The maximum atomic E-state index is 5.36. The van der Waals surface area contributed by atoms with Gasteiger partial charge >= 0.3 is 0 Å². The summed E-state index contributed by atoms with van der Waals surface area (Å²) in [6, 6.07) is 5.92. The fourth-order valence-electron chi connectivity index (χ4n) is 1.67. The molecule has 0 aliphatic heterocycles. The topological polar surface area (TPSA) is 42.5 Å². The fraction of sp³-hybridized carbons (Fsp3) is 0.538. The molecule has 0 aromatic heterocycles.